The Labute approximate surface area is 147 Å². The summed E-state index contributed by atoms with van der Waals surface area (Å²) in [6.07, 6.45) is 1.06. The van der Waals surface area contributed by atoms with E-state index in [-0.39, 0.29) is 18.4 Å². The highest BCUT2D eigenvalue weighted by Crippen LogP contribution is 2.31. The Hall–Kier alpha value is -2.66. The number of ether oxygens (including phenoxy) is 1. The topological polar surface area (TPSA) is 67.4 Å². The van der Waals surface area contributed by atoms with Gasteiger partial charge in [-0.2, -0.15) is 0 Å². The Morgan fingerprint density at radius 1 is 1.00 bits per heavy atom. The van der Waals surface area contributed by atoms with Crippen LogP contribution in [0.4, 0.5) is 5.69 Å². The van der Waals surface area contributed by atoms with Gasteiger partial charge in [0.1, 0.15) is 5.54 Å². The lowest BCUT2D eigenvalue weighted by atomic mass is 9.95. The molecule has 5 heteroatoms. The number of fused-ring (bicyclic) bond motifs is 1. The van der Waals surface area contributed by atoms with Crippen LogP contribution in [0.1, 0.15) is 18.1 Å². The van der Waals surface area contributed by atoms with Gasteiger partial charge in [0.05, 0.1) is 13.2 Å². The Kier molecular flexibility index (Phi) is 5.14. The third-order valence-electron chi connectivity index (χ3n) is 4.41. The van der Waals surface area contributed by atoms with Crippen molar-refractivity contribution in [2.45, 2.75) is 25.3 Å². The van der Waals surface area contributed by atoms with Crippen LogP contribution in [0.25, 0.3) is 0 Å². The fraction of sp³-hybridized carbons (Fsp3) is 0.300. The number of carbonyl (C=O) groups is 2. The zero-order valence-electron chi connectivity index (χ0n) is 14.2. The fourth-order valence-electron chi connectivity index (χ4n) is 3.20. The zero-order valence-corrected chi connectivity index (χ0v) is 14.2. The minimum Gasteiger partial charge on any atom is -0.465 e. The van der Waals surface area contributed by atoms with Gasteiger partial charge < -0.3 is 10.1 Å². The molecule has 1 amide bonds. The summed E-state index contributed by atoms with van der Waals surface area (Å²) in [6.45, 7) is 2.15. The van der Waals surface area contributed by atoms with Crippen LogP contribution in [-0.4, -0.2) is 30.6 Å². The molecule has 2 N–H and O–H groups in total. The highest BCUT2D eigenvalue weighted by atomic mass is 16.5. The highest BCUT2D eigenvalue weighted by molar-refractivity contribution is 5.93. The van der Waals surface area contributed by atoms with Gasteiger partial charge in [-0.1, -0.05) is 42.5 Å². The summed E-state index contributed by atoms with van der Waals surface area (Å²) >= 11 is 0. The molecule has 0 aromatic heterocycles. The third-order valence-corrected chi connectivity index (χ3v) is 4.41. The van der Waals surface area contributed by atoms with Crippen molar-refractivity contribution in [1.82, 2.24) is 5.32 Å². The second-order valence-electron chi connectivity index (χ2n) is 6.19. The first kappa shape index (κ1) is 17.2. The van der Waals surface area contributed by atoms with E-state index in [1.807, 2.05) is 54.6 Å². The van der Waals surface area contributed by atoms with E-state index in [9.17, 15) is 9.59 Å². The molecule has 2 aromatic carbocycles. The average molecular weight is 338 g/mol. The fourth-order valence-corrected chi connectivity index (χ4v) is 3.20. The van der Waals surface area contributed by atoms with Crippen molar-refractivity contribution in [3.05, 3.63) is 65.7 Å². The van der Waals surface area contributed by atoms with Gasteiger partial charge in [0.25, 0.3) is 0 Å². The van der Waals surface area contributed by atoms with Gasteiger partial charge in [0, 0.05) is 18.5 Å². The number of hydrogen-bond donors (Lipinski definition) is 2. The molecule has 1 aliphatic carbocycles. The van der Waals surface area contributed by atoms with Crippen molar-refractivity contribution in [2.75, 3.05) is 18.5 Å². The summed E-state index contributed by atoms with van der Waals surface area (Å²) < 4.78 is 5.28. The van der Waals surface area contributed by atoms with Gasteiger partial charge in [0.15, 0.2) is 0 Å². The van der Waals surface area contributed by atoms with E-state index >= 15 is 0 Å². The van der Waals surface area contributed by atoms with Crippen LogP contribution >= 0.6 is 0 Å². The first-order valence-corrected chi connectivity index (χ1v) is 8.47. The van der Waals surface area contributed by atoms with Gasteiger partial charge in [-0.25, -0.2) is 0 Å². The minimum atomic E-state index is -0.881. The van der Waals surface area contributed by atoms with E-state index in [0.717, 1.165) is 16.8 Å². The van der Waals surface area contributed by atoms with Crippen LogP contribution in [0, 0.1) is 0 Å². The predicted octanol–water partition coefficient (Wildman–Crippen LogP) is 2.32. The van der Waals surface area contributed by atoms with Gasteiger partial charge in [-0.3, -0.25) is 14.9 Å². The normalized spacial score (nSPS) is 14.6. The van der Waals surface area contributed by atoms with Crippen LogP contribution in [0.15, 0.2) is 54.6 Å². The molecule has 0 unspecified atom stereocenters. The Balaban J connectivity index is 1.69. The monoisotopic (exact) mass is 338 g/mol. The van der Waals surface area contributed by atoms with Crippen LogP contribution < -0.4 is 10.6 Å². The molecule has 0 radical (unpaired) electrons. The Morgan fingerprint density at radius 2 is 1.60 bits per heavy atom. The van der Waals surface area contributed by atoms with Crippen LogP contribution in [0.3, 0.4) is 0 Å². The lowest BCUT2D eigenvalue weighted by Gasteiger charge is -2.27. The number of benzene rings is 2. The summed E-state index contributed by atoms with van der Waals surface area (Å²) in [5.74, 6) is -0.496. The van der Waals surface area contributed by atoms with E-state index < -0.39 is 5.54 Å². The predicted molar refractivity (Wildman–Crippen MR) is 96.3 cm³/mol. The maximum atomic E-state index is 12.6. The van der Waals surface area contributed by atoms with Crippen molar-refractivity contribution in [1.29, 1.82) is 0 Å². The molecule has 130 valence electrons. The minimum absolute atomic E-state index is 0.0434. The molecule has 0 atom stereocenters. The van der Waals surface area contributed by atoms with E-state index in [1.165, 1.54) is 0 Å². The average Bonchev–Trinajstić information content (AvgIpc) is 3.01. The summed E-state index contributed by atoms with van der Waals surface area (Å²) in [5, 5.41) is 5.98. The number of carbonyl (C=O) groups excluding carboxylic acids is 2. The maximum absolute atomic E-state index is 12.6. The number of nitrogens with one attached hydrogen (secondary N) is 2. The lowest BCUT2D eigenvalue weighted by Crippen LogP contribution is -2.56. The summed E-state index contributed by atoms with van der Waals surface area (Å²) in [5.41, 5.74) is 2.08. The second kappa shape index (κ2) is 7.49. The van der Waals surface area contributed by atoms with E-state index in [4.69, 9.17) is 4.74 Å². The molecule has 0 aliphatic heterocycles. The SMILES string of the molecule is CCOC(=O)C1(NCC(=O)Nc2ccccc2)Cc2ccccc2C1. The number of hydrogen-bond acceptors (Lipinski definition) is 4. The molecule has 0 saturated carbocycles. The van der Waals surface area contributed by atoms with Crippen LogP contribution in [0.5, 0.6) is 0 Å². The van der Waals surface area contributed by atoms with Crippen molar-refractivity contribution in [3.63, 3.8) is 0 Å². The van der Waals surface area contributed by atoms with Gasteiger partial charge in [-0.15, -0.1) is 0 Å². The molecule has 0 spiro atoms. The van der Waals surface area contributed by atoms with Crippen molar-refractivity contribution in [3.8, 4) is 0 Å². The largest absolute Gasteiger partial charge is 0.465 e. The highest BCUT2D eigenvalue weighted by Gasteiger charge is 2.45. The molecule has 0 saturated heterocycles. The molecule has 2 aromatic rings. The quantitative estimate of drug-likeness (QED) is 0.793. The zero-order chi connectivity index (χ0) is 17.7. The summed E-state index contributed by atoms with van der Waals surface area (Å²) in [6, 6.07) is 17.2. The number of esters is 1. The van der Waals surface area contributed by atoms with E-state index in [2.05, 4.69) is 10.6 Å². The number of para-hydroxylation sites is 1. The van der Waals surface area contributed by atoms with Gasteiger partial charge in [0.2, 0.25) is 5.91 Å². The number of rotatable bonds is 6. The lowest BCUT2D eigenvalue weighted by molar-refractivity contribution is -0.151. The second-order valence-corrected chi connectivity index (χ2v) is 6.19. The standard InChI is InChI=1S/C20H22N2O3/c1-2-25-19(24)20(12-15-8-6-7-9-16(15)13-20)21-14-18(23)22-17-10-4-3-5-11-17/h3-11,21H,2,12-14H2,1H3,(H,22,23). The summed E-state index contributed by atoms with van der Waals surface area (Å²) in [7, 11) is 0. The molecular weight excluding hydrogens is 316 g/mol. The van der Waals surface area contributed by atoms with Crippen LogP contribution in [-0.2, 0) is 27.2 Å². The molecule has 5 nitrogen and oxygen atoms in total. The van der Waals surface area contributed by atoms with E-state index in [1.54, 1.807) is 6.92 Å². The third kappa shape index (κ3) is 3.88. The van der Waals surface area contributed by atoms with Crippen molar-refractivity contribution in [2.24, 2.45) is 0 Å². The summed E-state index contributed by atoms with van der Waals surface area (Å²) in [4.78, 5) is 24.8. The number of anilines is 1. The van der Waals surface area contributed by atoms with Crippen LogP contribution in [0.2, 0.25) is 0 Å². The molecule has 0 heterocycles. The Morgan fingerprint density at radius 3 is 2.20 bits per heavy atom. The first-order valence-electron chi connectivity index (χ1n) is 8.47. The Bertz CT molecular complexity index is 734. The van der Waals surface area contributed by atoms with Crippen molar-refractivity contribution < 1.29 is 14.3 Å². The molecule has 1 aliphatic rings. The van der Waals surface area contributed by atoms with Gasteiger partial charge in [-0.05, 0) is 30.2 Å². The molecular formula is C20H22N2O3. The maximum Gasteiger partial charge on any atom is 0.327 e. The smallest absolute Gasteiger partial charge is 0.327 e. The number of amides is 1. The molecule has 0 bridgehead atoms. The molecule has 3 rings (SSSR count). The van der Waals surface area contributed by atoms with Crippen molar-refractivity contribution >= 4 is 17.6 Å². The molecule has 0 fully saturated rings. The molecule has 25 heavy (non-hydrogen) atoms. The van der Waals surface area contributed by atoms with E-state index in [0.29, 0.717) is 19.4 Å². The first-order chi connectivity index (χ1) is 12.1. The van der Waals surface area contributed by atoms with Gasteiger partial charge >= 0.3 is 5.97 Å².